The third kappa shape index (κ3) is 2.69. The second-order valence-corrected chi connectivity index (χ2v) is 6.31. The van der Waals surface area contributed by atoms with Crippen LogP contribution in [0.4, 0.5) is 5.69 Å². The van der Waals surface area contributed by atoms with Gasteiger partial charge < -0.3 is 4.42 Å². The molecule has 1 aromatic heterocycles. The van der Waals surface area contributed by atoms with Crippen molar-refractivity contribution in [2.45, 2.75) is 0 Å². The van der Waals surface area contributed by atoms with Gasteiger partial charge in [0.25, 0.3) is 5.69 Å². The van der Waals surface area contributed by atoms with Gasteiger partial charge in [-0.1, -0.05) is 15.9 Å². The Labute approximate surface area is 141 Å². The van der Waals surface area contributed by atoms with Gasteiger partial charge in [-0.25, -0.2) is 0 Å². The number of fused-ring (bicyclic) bond motifs is 1. The third-order valence-electron chi connectivity index (χ3n) is 3.11. The quantitative estimate of drug-likeness (QED) is 0.433. The Balaban J connectivity index is 2.19. The van der Waals surface area contributed by atoms with Crippen molar-refractivity contribution < 1.29 is 9.34 Å². The normalized spacial score (nSPS) is 10.8. The molecule has 0 aliphatic rings. The second kappa shape index (κ2) is 5.66. The van der Waals surface area contributed by atoms with Gasteiger partial charge in [-0.15, -0.1) is 0 Å². The summed E-state index contributed by atoms with van der Waals surface area (Å²) in [5.74, 6) is 0.359. The summed E-state index contributed by atoms with van der Waals surface area (Å²) in [6, 6.07) is 10.7. The van der Waals surface area contributed by atoms with Crippen LogP contribution in [0, 0.1) is 10.1 Å². The van der Waals surface area contributed by atoms with Crippen LogP contribution in [0.2, 0.25) is 0 Å². The summed E-state index contributed by atoms with van der Waals surface area (Å²) in [6.45, 7) is 0. The lowest BCUT2D eigenvalue weighted by atomic mass is 10.1. The molecule has 5 nitrogen and oxygen atoms in total. The molecule has 0 saturated carbocycles. The fourth-order valence-electron chi connectivity index (χ4n) is 2.10. The van der Waals surface area contributed by atoms with E-state index in [0.717, 1.165) is 4.47 Å². The number of hydrogen-bond donors (Lipinski definition) is 0. The fourth-order valence-corrected chi connectivity index (χ4v) is 3.48. The molecule has 0 fully saturated rings. The first-order valence-electron chi connectivity index (χ1n) is 6.13. The van der Waals surface area contributed by atoms with E-state index in [0.29, 0.717) is 26.8 Å². The molecular formula is C15H7Br2NO4. The number of halogens is 2. The number of nitro groups is 1. The molecule has 1 heterocycles. The van der Waals surface area contributed by atoms with E-state index in [1.807, 2.05) is 0 Å². The summed E-state index contributed by atoms with van der Waals surface area (Å²) >= 11 is 6.69. The molecule has 0 amide bonds. The Kier molecular flexibility index (Phi) is 3.84. The molecule has 110 valence electrons. The topological polar surface area (TPSA) is 73.3 Å². The van der Waals surface area contributed by atoms with Crippen molar-refractivity contribution in [3.63, 3.8) is 0 Å². The van der Waals surface area contributed by atoms with Gasteiger partial charge in [-0.2, -0.15) is 0 Å². The van der Waals surface area contributed by atoms with Crippen LogP contribution in [-0.2, 0) is 0 Å². The Bertz CT molecular complexity index is 948. The highest BCUT2D eigenvalue weighted by atomic mass is 79.9. The van der Waals surface area contributed by atoms with E-state index in [2.05, 4.69) is 31.9 Å². The fraction of sp³-hybridized carbons (Fsp3) is 0. The maximum Gasteiger partial charge on any atom is 0.269 e. The van der Waals surface area contributed by atoms with Crippen molar-refractivity contribution in [2.24, 2.45) is 0 Å². The van der Waals surface area contributed by atoms with Crippen molar-refractivity contribution in [1.29, 1.82) is 0 Å². The molecule has 22 heavy (non-hydrogen) atoms. The molecule has 0 aliphatic heterocycles. The minimum absolute atomic E-state index is 0.0163. The molecule has 0 radical (unpaired) electrons. The van der Waals surface area contributed by atoms with Gasteiger partial charge >= 0.3 is 0 Å². The SMILES string of the molecule is O=c1cc(-c2ccc([N+](=O)[O-])cc2)oc2cc(Br)cc(Br)c12. The van der Waals surface area contributed by atoms with Crippen LogP contribution in [-0.4, -0.2) is 4.92 Å². The average molecular weight is 425 g/mol. The van der Waals surface area contributed by atoms with Gasteiger partial charge in [0.2, 0.25) is 0 Å². The van der Waals surface area contributed by atoms with Crippen molar-refractivity contribution in [3.8, 4) is 11.3 Å². The van der Waals surface area contributed by atoms with Crippen LogP contribution < -0.4 is 5.43 Å². The van der Waals surface area contributed by atoms with Crippen LogP contribution >= 0.6 is 31.9 Å². The summed E-state index contributed by atoms with van der Waals surface area (Å²) in [5, 5.41) is 11.1. The summed E-state index contributed by atoms with van der Waals surface area (Å²) in [7, 11) is 0. The standard InChI is InChI=1S/C15H7Br2NO4/c16-9-5-11(17)15-12(19)7-13(22-14(15)6-9)8-1-3-10(4-2-8)18(20)21/h1-7H. The summed E-state index contributed by atoms with van der Waals surface area (Å²) in [5.41, 5.74) is 0.828. The molecule has 0 atom stereocenters. The van der Waals surface area contributed by atoms with Gasteiger partial charge in [-0.05, 0) is 40.2 Å². The molecule has 3 rings (SSSR count). The third-order valence-corrected chi connectivity index (χ3v) is 4.19. The monoisotopic (exact) mass is 423 g/mol. The maximum absolute atomic E-state index is 12.3. The smallest absolute Gasteiger partial charge is 0.269 e. The highest BCUT2D eigenvalue weighted by Crippen LogP contribution is 2.30. The van der Waals surface area contributed by atoms with Crippen LogP contribution in [0.5, 0.6) is 0 Å². The molecular weight excluding hydrogens is 418 g/mol. The second-order valence-electron chi connectivity index (χ2n) is 4.54. The molecule has 0 saturated heterocycles. The molecule has 7 heteroatoms. The summed E-state index contributed by atoms with van der Waals surface area (Å²) < 4.78 is 7.17. The van der Waals surface area contributed by atoms with Crippen LogP contribution in [0.25, 0.3) is 22.3 Å². The number of nitro benzene ring substituents is 1. The predicted octanol–water partition coefficient (Wildman–Crippen LogP) is 4.89. The lowest BCUT2D eigenvalue weighted by Gasteiger charge is -2.05. The molecule has 0 bridgehead atoms. The van der Waals surface area contributed by atoms with Gasteiger partial charge in [0.1, 0.15) is 11.3 Å². The number of benzene rings is 2. The number of rotatable bonds is 2. The highest BCUT2D eigenvalue weighted by Gasteiger charge is 2.12. The molecule has 0 aliphatic carbocycles. The zero-order valence-electron chi connectivity index (χ0n) is 10.9. The first kappa shape index (κ1) is 14.9. The zero-order chi connectivity index (χ0) is 15.9. The Hall–Kier alpha value is -1.99. The van der Waals surface area contributed by atoms with Crippen molar-refractivity contribution in [2.75, 3.05) is 0 Å². The van der Waals surface area contributed by atoms with Gasteiger partial charge in [0, 0.05) is 32.7 Å². The van der Waals surface area contributed by atoms with Gasteiger partial charge in [0.05, 0.1) is 10.3 Å². The Morgan fingerprint density at radius 3 is 2.36 bits per heavy atom. The molecule has 0 N–H and O–H groups in total. The summed E-state index contributed by atoms with van der Waals surface area (Å²) in [6.07, 6.45) is 0. The molecule has 3 aromatic rings. The zero-order valence-corrected chi connectivity index (χ0v) is 14.0. The first-order chi connectivity index (χ1) is 10.5. The summed E-state index contributed by atoms with van der Waals surface area (Å²) in [4.78, 5) is 22.5. The first-order valence-corrected chi connectivity index (χ1v) is 7.72. The highest BCUT2D eigenvalue weighted by molar-refractivity contribution is 9.11. The van der Waals surface area contributed by atoms with E-state index < -0.39 is 4.92 Å². The van der Waals surface area contributed by atoms with Crippen LogP contribution in [0.1, 0.15) is 0 Å². The van der Waals surface area contributed by atoms with Crippen molar-refractivity contribution in [3.05, 3.63) is 71.7 Å². The van der Waals surface area contributed by atoms with E-state index in [1.54, 1.807) is 24.3 Å². The minimum Gasteiger partial charge on any atom is -0.456 e. The molecule has 0 unspecified atom stereocenters. The van der Waals surface area contributed by atoms with Gasteiger partial charge in [0.15, 0.2) is 5.43 Å². The van der Waals surface area contributed by atoms with E-state index in [9.17, 15) is 14.9 Å². The van der Waals surface area contributed by atoms with E-state index in [4.69, 9.17) is 4.42 Å². The Morgan fingerprint density at radius 2 is 1.73 bits per heavy atom. The predicted molar refractivity (Wildman–Crippen MR) is 90.0 cm³/mol. The molecule has 2 aromatic carbocycles. The maximum atomic E-state index is 12.3. The number of hydrogen-bond acceptors (Lipinski definition) is 4. The van der Waals surface area contributed by atoms with Gasteiger partial charge in [-0.3, -0.25) is 14.9 Å². The number of nitrogens with zero attached hydrogens (tertiary/aromatic N) is 1. The largest absolute Gasteiger partial charge is 0.456 e. The minimum atomic E-state index is -0.478. The van der Waals surface area contributed by atoms with Crippen molar-refractivity contribution in [1.82, 2.24) is 0 Å². The lowest BCUT2D eigenvalue weighted by molar-refractivity contribution is -0.384. The van der Waals surface area contributed by atoms with E-state index >= 15 is 0 Å². The molecule has 0 spiro atoms. The van der Waals surface area contributed by atoms with E-state index in [1.165, 1.54) is 18.2 Å². The lowest BCUT2D eigenvalue weighted by Crippen LogP contribution is -2.01. The van der Waals surface area contributed by atoms with Crippen LogP contribution in [0.15, 0.2) is 60.6 Å². The van der Waals surface area contributed by atoms with E-state index in [-0.39, 0.29) is 11.1 Å². The Morgan fingerprint density at radius 1 is 1.05 bits per heavy atom. The number of non-ortho nitro benzene ring substituents is 1. The van der Waals surface area contributed by atoms with Crippen LogP contribution in [0.3, 0.4) is 0 Å². The van der Waals surface area contributed by atoms with Crippen molar-refractivity contribution >= 4 is 48.5 Å². The average Bonchev–Trinajstić information content (AvgIpc) is 2.46.